The van der Waals surface area contributed by atoms with E-state index in [4.69, 9.17) is 4.74 Å². The van der Waals surface area contributed by atoms with Crippen LogP contribution in [0, 0.1) is 0 Å². The summed E-state index contributed by atoms with van der Waals surface area (Å²) in [6.07, 6.45) is 5.76. The second kappa shape index (κ2) is 10.1. The Morgan fingerprint density at radius 2 is 1.85 bits per heavy atom. The maximum absolute atomic E-state index is 13.1. The van der Waals surface area contributed by atoms with E-state index in [0.717, 1.165) is 22.0 Å². The molecule has 0 aromatic heterocycles. The molecule has 0 atom stereocenters. The highest BCUT2D eigenvalue weighted by molar-refractivity contribution is 8.06. The van der Waals surface area contributed by atoms with Gasteiger partial charge in [0.1, 0.15) is 5.60 Å². The van der Waals surface area contributed by atoms with Crippen LogP contribution in [-0.2, 0) is 4.74 Å². The number of nitrogens with one attached hydrogen (secondary N) is 1. The first-order valence-corrected chi connectivity index (χ1v) is 11.9. The van der Waals surface area contributed by atoms with Crippen LogP contribution < -0.4 is 5.32 Å². The smallest absolute Gasteiger partial charge is 0.419 e. The number of anilines is 1. The van der Waals surface area contributed by atoms with Gasteiger partial charge in [-0.1, -0.05) is 60.3 Å². The highest BCUT2D eigenvalue weighted by Crippen LogP contribution is 2.39. The minimum atomic E-state index is -0.620. The van der Waals surface area contributed by atoms with Crippen LogP contribution in [0.4, 0.5) is 10.5 Å². The summed E-state index contributed by atoms with van der Waals surface area (Å²) in [6, 6.07) is 16.6. The van der Waals surface area contributed by atoms with Crippen molar-refractivity contribution in [2.75, 3.05) is 11.9 Å². The molecule has 4 rings (SSSR count). The van der Waals surface area contributed by atoms with E-state index in [9.17, 15) is 9.59 Å². The average Bonchev–Trinajstić information content (AvgIpc) is 3.27. The molecule has 2 aliphatic rings. The van der Waals surface area contributed by atoms with Gasteiger partial charge in [-0.2, -0.15) is 0 Å². The molecular weight excluding hydrogens is 446 g/mol. The number of carbonyl (C=O) groups is 2. The van der Waals surface area contributed by atoms with E-state index in [1.54, 1.807) is 35.5 Å². The predicted octanol–water partition coefficient (Wildman–Crippen LogP) is 6.35. The van der Waals surface area contributed by atoms with Crippen molar-refractivity contribution in [3.63, 3.8) is 0 Å². The summed E-state index contributed by atoms with van der Waals surface area (Å²) in [5.41, 5.74) is 3.14. The molecule has 6 nitrogen and oxygen atoms in total. The number of hydrogen-bond donors (Lipinski definition) is 1. The zero-order valence-corrected chi connectivity index (χ0v) is 20.3. The topological polar surface area (TPSA) is 71.0 Å². The molecule has 2 aromatic rings. The van der Waals surface area contributed by atoms with Crippen LogP contribution in [0.2, 0.25) is 0 Å². The molecule has 1 amide bonds. The molecule has 0 unspecified atom stereocenters. The minimum Gasteiger partial charge on any atom is -0.443 e. The summed E-state index contributed by atoms with van der Waals surface area (Å²) in [5.74, 6) is -0.0353. The third-order valence-electron chi connectivity index (χ3n) is 5.04. The fourth-order valence-electron chi connectivity index (χ4n) is 3.50. The first-order chi connectivity index (χ1) is 16.3. The average molecular weight is 474 g/mol. The molecule has 0 saturated heterocycles. The van der Waals surface area contributed by atoms with Gasteiger partial charge in [-0.3, -0.25) is 9.79 Å². The highest BCUT2D eigenvalue weighted by Gasteiger charge is 2.33. The Bertz CT molecular complexity index is 1210. The number of thioether (sulfide) groups is 1. The summed E-state index contributed by atoms with van der Waals surface area (Å²) in [5, 5.41) is 6.10. The number of nitrogens with zero attached hydrogens (tertiary/aromatic N) is 2. The molecule has 1 N–H and O–H groups in total. The van der Waals surface area contributed by atoms with Crippen LogP contribution in [0.5, 0.6) is 0 Å². The van der Waals surface area contributed by atoms with E-state index in [-0.39, 0.29) is 5.78 Å². The summed E-state index contributed by atoms with van der Waals surface area (Å²) in [6.45, 7) is 5.94. The van der Waals surface area contributed by atoms with Gasteiger partial charge in [0.15, 0.2) is 5.78 Å². The molecule has 0 aliphatic carbocycles. The van der Waals surface area contributed by atoms with Crippen molar-refractivity contribution in [2.45, 2.75) is 32.8 Å². The van der Waals surface area contributed by atoms with Gasteiger partial charge >= 0.3 is 6.09 Å². The van der Waals surface area contributed by atoms with Gasteiger partial charge in [0.2, 0.25) is 0 Å². The summed E-state index contributed by atoms with van der Waals surface area (Å²) >= 11 is 1.48. The lowest BCUT2D eigenvalue weighted by Crippen LogP contribution is -2.35. The van der Waals surface area contributed by atoms with Crippen molar-refractivity contribution in [3.05, 3.63) is 99.7 Å². The molecule has 7 heteroatoms. The molecule has 34 heavy (non-hydrogen) atoms. The fraction of sp³-hybridized carbons (Fsp3) is 0.222. The number of amides is 1. The zero-order valence-electron chi connectivity index (χ0n) is 19.4. The largest absolute Gasteiger partial charge is 0.443 e. The number of rotatable bonds is 5. The summed E-state index contributed by atoms with van der Waals surface area (Å²) in [4.78, 5) is 31.8. The Hall–Kier alpha value is -3.58. The van der Waals surface area contributed by atoms with Crippen LogP contribution >= 0.6 is 11.8 Å². The Morgan fingerprint density at radius 3 is 2.56 bits per heavy atom. The van der Waals surface area contributed by atoms with Crippen molar-refractivity contribution in [3.8, 4) is 0 Å². The highest BCUT2D eigenvalue weighted by atomic mass is 32.2. The number of aliphatic imine (C=N–C) groups is 1. The molecule has 174 valence electrons. The van der Waals surface area contributed by atoms with E-state index in [1.807, 2.05) is 68.7 Å². The summed E-state index contributed by atoms with van der Waals surface area (Å²) < 4.78 is 5.69. The zero-order chi connectivity index (χ0) is 24.1. The van der Waals surface area contributed by atoms with Crippen LogP contribution in [0.25, 0.3) is 0 Å². The Labute approximate surface area is 204 Å². The third-order valence-corrected chi connectivity index (χ3v) is 6.10. The Morgan fingerprint density at radius 1 is 1.09 bits per heavy atom. The maximum atomic E-state index is 13.1. The number of ketones is 1. The summed E-state index contributed by atoms with van der Waals surface area (Å²) in [7, 11) is 0. The van der Waals surface area contributed by atoms with Crippen molar-refractivity contribution >= 4 is 35.5 Å². The third kappa shape index (κ3) is 5.66. The Balaban J connectivity index is 1.52. The molecule has 2 aliphatic heterocycles. The molecule has 0 spiro atoms. The minimum absolute atomic E-state index is 0.0353. The molecule has 2 aromatic carbocycles. The Kier molecular flexibility index (Phi) is 7.03. The van der Waals surface area contributed by atoms with Crippen molar-refractivity contribution in [2.24, 2.45) is 4.99 Å². The number of hydrogen-bond acceptors (Lipinski definition) is 6. The van der Waals surface area contributed by atoms with Crippen LogP contribution in [0.3, 0.4) is 0 Å². The van der Waals surface area contributed by atoms with Gasteiger partial charge in [-0.25, -0.2) is 9.69 Å². The molecular formula is C27H27N3O3S. The fourth-order valence-corrected chi connectivity index (χ4v) is 4.52. The molecule has 0 saturated carbocycles. The predicted molar refractivity (Wildman–Crippen MR) is 138 cm³/mol. The van der Waals surface area contributed by atoms with Gasteiger partial charge in [-0.05, 0) is 44.7 Å². The quantitative estimate of drug-likeness (QED) is 0.512. The molecule has 0 radical (unpaired) electrons. The number of benzene rings is 2. The first-order valence-electron chi connectivity index (χ1n) is 11.1. The second-order valence-corrected chi connectivity index (χ2v) is 9.73. The number of carbonyl (C=O) groups excluding carboxylic acids is 2. The van der Waals surface area contributed by atoms with Gasteiger partial charge in [0.05, 0.1) is 17.3 Å². The van der Waals surface area contributed by atoms with E-state index in [1.165, 1.54) is 11.8 Å². The second-order valence-electron chi connectivity index (χ2n) is 8.87. The van der Waals surface area contributed by atoms with Crippen LogP contribution in [0.15, 0.2) is 93.6 Å². The normalized spacial score (nSPS) is 17.5. The lowest BCUT2D eigenvalue weighted by atomic mass is 10.0. The molecule has 2 heterocycles. The van der Waals surface area contributed by atoms with Crippen molar-refractivity contribution < 1.29 is 14.3 Å². The SMILES string of the molecule is CC(C)(C)OC(=O)N1C(CNc2cccc(C(=O)c3ccccc3)c2)=CSC1=C1C=NC=CC1. The van der Waals surface area contributed by atoms with Crippen molar-refractivity contribution in [1.82, 2.24) is 4.90 Å². The monoisotopic (exact) mass is 473 g/mol. The number of allylic oxidation sites excluding steroid dienone is 2. The van der Waals surface area contributed by atoms with Crippen LogP contribution in [0.1, 0.15) is 43.1 Å². The first kappa shape index (κ1) is 23.6. The molecule has 0 fully saturated rings. The number of ether oxygens (including phenoxy) is 1. The van der Waals surface area contributed by atoms with E-state index in [2.05, 4.69) is 10.3 Å². The van der Waals surface area contributed by atoms with Gasteiger partial charge in [0, 0.05) is 34.8 Å². The maximum Gasteiger partial charge on any atom is 0.419 e. The van der Waals surface area contributed by atoms with Gasteiger partial charge < -0.3 is 10.1 Å². The van der Waals surface area contributed by atoms with E-state index in [0.29, 0.717) is 24.1 Å². The van der Waals surface area contributed by atoms with E-state index < -0.39 is 11.7 Å². The standard InChI is InChI=1S/C27H27N3O3S/c1-27(2,3)33-26(32)30-23(18-34-25(30)21-12-8-14-28-16-21)17-29-22-13-7-11-20(15-22)24(31)19-9-5-4-6-10-19/h4-11,13-16,18,29H,12,17H2,1-3H3. The lowest BCUT2D eigenvalue weighted by Gasteiger charge is -2.28. The van der Waals surface area contributed by atoms with Crippen LogP contribution in [-0.4, -0.2) is 35.1 Å². The molecule has 0 bridgehead atoms. The van der Waals surface area contributed by atoms with Gasteiger partial charge in [0.25, 0.3) is 0 Å². The van der Waals surface area contributed by atoms with Crippen molar-refractivity contribution in [1.29, 1.82) is 0 Å². The van der Waals surface area contributed by atoms with Gasteiger partial charge in [-0.15, -0.1) is 0 Å². The van der Waals surface area contributed by atoms with E-state index >= 15 is 0 Å². The lowest BCUT2D eigenvalue weighted by molar-refractivity contribution is 0.0379.